The topological polar surface area (TPSA) is 55.5 Å². The molecule has 0 aliphatic rings. The molecule has 0 bridgehead atoms. The lowest BCUT2D eigenvalue weighted by Gasteiger charge is -2.04. The predicted molar refractivity (Wildman–Crippen MR) is 41.8 cm³/mol. The monoisotopic (exact) mass is 171 g/mol. The first-order chi connectivity index (χ1) is 5.65. The van der Waals surface area contributed by atoms with Crippen molar-refractivity contribution in [1.82, 2.24) is 0 Å². The highest BCUT2D eigenvalue weighted by molar-refractivity contribution is 5.35. The Labute approximate surface area is 69.5 Å². The van der Waals surface area contributed by atoms with E-state index in [1.165, 1.54) is 6.07 Å². The minimum absolute atomic E-state index is 0.00690. The maximum Gasteiger partial charge on any atom is 0.132 e. The van der Waals surface area contributed by atoms with E-state index in [4.69, 9.17) is 11.0 Å². The van der Waals surface area contributed by atoms with Crippen LogP contribution in [0.5, 0.6) is 5.75 Å². The van der Waals surface area contributed by atoms with Crippen molar-refractivity contribution in [3.8, 4) is 5.75 Å². The van der Waals surface area contributed by atoms with Crippen LogP contribution in [0.3, 0.4) is 0 Å². The molecule has 0 saturated heterocycles. The molecule has 0 heterocycles. The maximum absolute atomic E-state index is 12.9. The van der Waals surface area contributed by atoms with E-state index in [0.717, 1.165) is 6.07 Å². The molecule has 12 heavy (non-hydrogen) atoms. The third-order valence-electron chi connectivity index (χ3n) is 1.60. The first-order valence-corrected chi connectivity index (χ1v) is 3.45. The molecule has 1 aromatic rings. The number of benzene rings is 1. The standard InChI is InChI=1S/C8H10FNO2/c1-5-2-6(4-12-10)7(9)3-8(5)11/h2-3,11H,4,10H2,1H3. The van der Waals surface area contributed by atoms with Crippen molar-refractivity contribution in [1.29, 1.82) is 0 Å². The Hall–Kier alpha value is -1.13. The van der Waals surface area contributed by atoms with Crippen molar-refractivity contribution >= 4 is 0 Å². The molecular weight excluding hydrogens is 161 g/mol. The number of rotatable bonds is 2. The van der Waals surface area contributed by atoms with E-state index < -0.39 is 5.82 Å². The van der Waals surface area contributed by atoms with Gasteiger partial charge in [-0.15, -0.1) is 0 Å². The largest absolute Gasteiger partial charge is 0.508 e. The molecule has 0 saturated carbocycles. The molecule has 0 unspecified atom stereocenters. The summed E-state index contributed by atoms with van der Waals surface area (Å²) in [6.45, 7) is 1.68. The van der Waals surface area contributed by atoms with Crippen LogP contribution in [-0.2, 0) is 11.4 Å². The highest BCUT2D eigenvalue weighted by Gasteiger charge is 2.05. The van der Waals surface area contributed by atoms with Gasteiger partial charge in [-0.1, -0.05) is 0 Å². The van der Waals surface area contributed by atoms with Crippen LogP contribution in [0.1, 0.15) is 11.1 Å². The molecule has 0 aliphatic carbocycles. The number of phenolic OH excluding ortho intramolecular Hbond substituents is 1. The van der Waals surface area contributed by atoms with Crippen LogP contribution in [0.15, 0.2) is 12.1 Å². The van der Waals surface area contributed by atoms with Crippen LogP contribution in [0.4, 0.5) is 4.39 Å². The molecule has 0 aromatic heterocycles. The first kappa shape index (κ1) is 8.96. The van der Waals surface area contributed by atoms with E-state index in [-0.39, 0.29) is 12.4 Å². The maximum atomic E-state index is 12.9. The zero-order valence-corrected chi connectivity index (χ0v) is 6.67. The molecule has 3 nitrogen and oxygen atoms in total. The second-order valence-electron chi connectivity index (χ2n) is 2.54. The molecule has 0 amide bonds. The molecule has 0 atom stereocenters. The first-order valence-electron chi connectivity index (χ1n) is 3.45. The van der Waals surface area contributed by atoms with Crippen molar-refractivity contribution in [2.24, 2.45) is 5.90 Å². The van der Waals surface area contributed by atoms with Crippen molar-refractivity contribution < 1.29 is 14.3 Å². The number of nitrogens with two attached hydrogens (primary N) is 1. The van der Waals surface area contributed by atoms with E-state index in [9.17, 15) is 4.39 Å². The Morgan fingerprint density at radius 1 is 1.58 bits per heavy atom. The average Bonchev–Trinajstić information content (AvgIpc) is 2.01. The normalized spacial score (nSPS) is 10.2. The molecule has 0 spiro atoms. The minimum Gasteiger partial charge on any atom is -0.508 e. The third kappa shape index (κ3) is 1.72. The van der Waals surface area contributed by atoms with Crippen LogP contribution in [-0.4, -0.2) is 5.11 Å². The van der Waals surface area contributed by atoms with Gasteiger partial charge >= 0.3 is 0 Å². The lowest BCUT2D eigenvalue weighted by Crippen LogP contribution is -2.01. The summed E-state index contributed by atoms with van der Waals surface area (Å²) in [4.78, 5) is 4.28. The lowest BCUT2D eigenvalue weighted by molar-refractivity contribution is 0.121. The lowest BCUT2D eigenvalue weighted by atomic mass is 10.1. The fourth-order valence-corrected chi connectivity index (χ4v) is 0.931. The third-order valence-corrected chi connectivity index (χ3v) is 1.60. The van der Waals surface area contributed by atoms with Crippen molar-refractivity contribution in [2.75, 3.05) is 0 Å². The summed E-state index contributed by atoms with van der Waals surface area (Å²) in [5.41, 5.74) is 0.941. The highest BCUT2D eigenvalue weighted by Crippen LogP contribution is 2.20. The fraction of sp³-hybridized carbons (Fsp3) is 0.250. The Balaban J connectivity index is 3.05. The SMILES string of the molecule is Cc1cc(CON)c(F)cc1O. The Kier molecular flexibility index (Phi) is 2.62. The average molecular weight is 171 g/mol. The zero-order valence-electron chi connectivity index (χ0n) is 6.67. The van der Waals surface area contributed by atoms with E-state index >= 15 is 0 Å². The van der Waals surface area contributed by atoms with Crippen LogP contribution in [0, 0.1) is 12.7 Å². The van der Waals surface area contributed by atoms with Crippen LogP contribution < -0.4 is 5.90 Å². The minimum atomic E-state index is -0.511. The second-order valence-corrected chi connectivity index (χ2v) is 2.54. The van der Waals surface area contributed by atoms with Crippen molar-refractivity contribution in [3.05, 3.63) is 29.1 Å². The van der Waals surface area contributed by atoms with Gasteiger partial charge in [0, 0.05) is 11.6 Å². The molecule has 0 fully saturated rings. The van der Waals surface area contributed by atoms with Crippen LogP contribution >= 0.6 is 0 Å². The van der Waals surface area contributed by atoms with Gasteiger partial charge in [0.2, 0.25) is 0 Å². The summed E-state index contributed by atoms with van der Waals surface area (Å²) in [5, 5.41) is 9.08. The summed E-state index contributed by atoms with van der Waals surface area (Å²) in [6.07, 6.45) is 0. The van der Waals surface area contributed by atoms with Gasteiger partial charge in [-0.3, -0.25) is 4.84 Å². The van der Waals surface area contributed by atoms with Gasteiger partial charge in [0.25, 0.3) is 0 Å². The molecular formula is C8H10FNO2. The predicted octanol–water partition coefficient (Wildman–Crippen LogP) is 1.23. The summed E-state index contributed by atoms with van der Waals surface area (Å²) in [7, 11) is 0. The molecule has 4 heteroatoms. The van der Waals surface area contributed by atoms with Gasteiger partial charge in [-0.25, -0.2) is 10.3 Å². The number of aromatic hydroxyl groups is 1. The molecule has 0 aliphatic heterocycles. The van der Waals surface area contributed by atoms with Crippen molar-refractivity contribution in [3.63, 3.8) is 0 Å². The summed E-state index contributed by atoms with van der Waals surface area (Å²) in [5.74, 6) is 4.22. The number of hydrogen-bond donors (Lipinski definition) is 2. The fourth-order valence-electron chi connectivity index (χ4n) is 0.931. The van der Waals surface area contributed by atoms with Gasteiger partial charge in [-0.05, 0) is 18.6 Å². The summed E-state index contributed by atoms with van der Waals surface area (Å²) in [6, 6.07) is 2.54. The van der Waals surface area contributed by atoms with Gasteiger partial charge in [-0.2, -0.15) is 0 Å². The molecule has 66 valence electrons. The molecule has 3 N–H and O–H groups in total. The number of phenols is 1. The van der Waals surface area contributed by atoms with Crippen LogP contribution in [0.25, 0.3) is 0 Å². The van der Waals surface area contributed by atoms with E-state index in [1.807, 2.05) is 0 Å². The van der Waals surface area contributed by atoms with E-state index in [1.54, 1.807) is 6.92 Å². The highest BCUT2D eigenvalue weighted by atomic mass is 19.1. The molecule has 1 rings (SSSR count). The molecule has 1 aromatic carbocycles. The number of aryl methyl sites for hydroxylation is 1. The number of halogens is 1. The molecule has 0 radical (unpaired) electrons. The smallest absolute Gasteiger partial charge is 0.132 e. The second kappa shape index (κ2) is 3.51. The van der Waals surface area contributed by atoms with Gasteiger partial charge in [0.1, 0.15) is 11.6 Å². The Morgan fingerprint density at radius 2 is 2.25 bits per heavy atom. The Bertz CT molecular complexity index is 289. The van der Waals surface area contributed by atoms with Crippen molar-refractivity contribution in [2.45, 2.75) is 13.5 Å². The quantitative estimate of drug-likeness (QED) is 0.658. The van der Waals surface area contributed by atoms with Gasteiger partial charge in [0.05, 0.1) is 6.61 Å². The zero-order chi connectivity index (χ0) is 9.14. The van der Waals surface area contributed by atoms with Gasteiger partial charge < -0.3 is 5.11 Å². The Morgan fingerprint density at radius 3 is 2.83 bits per heavy atom. The summed E-state index contributed by atoms with van der Waals surface area (Å²) < 4.78 is 12.9. The summed E-state index contributed by atoms with van der Waals surface area (Å²) >= 11 is 0. The van der Waals surface area contributed by atoms with E-state index in [2.05, 4.69) is 4.84 Å². The van der Waals surface area contributed by atoms with Gasteiger partial charge in [0.15, 0.2) is 0 Å². The van der Waals surface area contributed by atoms with Crippen LogP contribution in [0.2, 0.25) is 0 Å². The number of hydrogen-bond acceptors (Lipinski definition) is 3. The van der Waals surface area contributed by atoms with E-state index in [0.29, 0.717) is 11.1 Å².